The van der Waals surface area contributed by atoms with Gasteiger partial charge in [0.05, 0.1) is 23.5 Å². The minimum atomic E-state index is -3.86. The van der Waals surface area contributed by atoms with E-state index in [0.29, 0.717) is 44.1 Å². The Hall–Kier alpha value is -3.41. The number of fused-ring (bicyclic) bond motifs is 9. The zero-order valence-electron chi connectivity index (χ0n) is 27.5. The number of ether oxygens (including phenoxy) is 2. The lowest BCUT2D eigenvalue weighted by Crippen LogP contribution is -2.70. The summed E-state index contributed by atoms with van der Waals surface area (Å²) in [6.45, 7) is 2.95. The van der Waals surface area contributed by atoms with Crippen LogP contribution in [0.4, 0.5) is 0 Å². The molecule has 10 nitrogen and oxygen atoms in total. The minimum Gasteiger partial charge on any atom is -0.497 e. The van der Waals surface area contributed by atoms with Crippen LogP contribution in [0.3, 0.4) is 0 Å². The molecule has 2 saturated carbocycles. The normalized spacial score (nSPS) is 28.4. The number of rotatable bonds is 6. The molecule has 4 aliphatic heterocycles. The van der Waals surface area contributed by atoms with E-state index in [1.165, 1.54) is 30.4 Å². The van der Waals surface area contributed by atoms with E-state index in [1.807, 2.05) is 18.2 Å². The van der Waals surface area contributed by atoms with E-state index in [4.69, 9.17) is 9.47 Å². The number of methoxy groups -OCH3 is 1. The predicted octanol–water partition coefficient (Wildman–Crippen LogP) is 4.66. The van der Waals surface area contributed by atoms with Gasteiger partial charge in [-0.1, -0.05) is 25.3 Å². The van der Waals surface area contributed by atoms with Crippen molar-refractivity contribution in [1.29, 1.82) is 0 Å². The molecule has 254 valence electrons. The van der Waals surface area contributed by atoms with Crippen LogP contribution in [0, 0.1) is 5.41 Å². The Kier molecular flexibility index (Phi) is 7.22. The maximum atomic E-state index is 14.7. The van der Waals surface area contributed by atoms with Crippen LogP contribution in [0.15, 0.2) is 36.4 Å². The lowest BCUT2D eigenvalue weighted by molar-refractivity contribution is -0.154. The van der Waals surface area contributed by atoms with Crippen molar-refractivity contribution in [3.05, 3.63) is 53.1 Å². The van der Waals surface area contributed by atoms with Crippen LogP contribution in [-0.2, 0) is 26.1 Å². The molecule has 2 aliphatic carbocycles. The lowest BCUT2D eigenvalue weighted by Gasteiger charge is -2.54. The molecule has 6 aliphatic rings. The molecular formula is C37H44N4O6S. The van der Waals surface area contributed by atoms with Crippen LogP contribution in [0.5, 0.6) is 5.75 Å². The number of nitrogens with one attached hydrogen (secondary N) is 2. The Morgan fingerprint density at radius 2 is 1.77 bits per heavy atom. The van der Waals surface area contributed by atoms with E-state index >= 15 is 0 Å². The zero-order chi connectivity index (χ0) is 32.8. The molecule has 5 fully saturated rings. The average molecular weight is 673 g/mol. The van der Waals surface area contributed by atoms with Crippen molar-refractivity contribution in [2.45, 2.75) is 93.5 Å². The van der Waals surface area contributed by atoms with Gasteiger partial charge < -0.3 is 24.3 Å². The van der Waals surface area contributed by atoms with Gasteiger partial charge >= 0.3 is 0 Å². The summed E-state index contributed by atoms with van der Waals surface area (Å²) in [7, 11) is -2.16. The summed E-state index contributed by atoms with van der Waals surface area (Å²) in [6, 6.07) is 12.5. The predicted molar refractivity (Wildman–Crippen MR) is 182 cm³/mol. The molecule has 4 unspecified atom stereocenters. The molecule has 3 aromatic rings. The van der Waals surface area contributed by atoms with Gasteiger partial charge in [-0.05, 0) is 85.9 Å². The van der Waals surface area contributed by atoms with Gasteiger partial charge in [0.15, 0.2) is 0 Å². The van der Waals surface area contributed by atoms with E-state index in [-0.39, 0.29) is 23.9 Å². The van der Waals surface area contributed by atoms with Gasteiger partial charge in [-0.3, -0.25) is 9.59 Å². The summed E-state index contributed by atoms with van der Waals surface area (Å²) in [6.07, 6.45) is 8.35. The van der Waals surface area contributed by atoms with Crippen molar-refractivity contribution in [3.63, 3.8) is 0 Å². The van der Waals surface area contributed by atoms with E-state index < -0.39 is 26.6 Å². The van der Waals surface area contributed by atoms with Crippen molar-refractivity contribution in [2.75, 3.05) is 33.4 Å². The first-order valence-electron chi connectivity index (χ1n) is 17.8. The molecule has 5 heterocycles. The molecular weight excluding hydrogens is 628 g/mol. The Labute approximate surface area is 281 Å². The summed E-state index contributed by atoms with van der Waals surface area (Å²) < 4.78 is 42.2. The molecule has 4 atom stereocenters. The van der Waals surface area contributed by atoms with Crippen LogP contribution in [-0.4, -0.2) is 80.4 Å². The van der Waals surface area contributed by atoms with E-state index in [0.717, 1.165) is 66.7 Å². The highest BCUT2D eigenvalue weighted by Crippen LogP contribution is 2.66. The highest BCUT2D eigenvalue weighted by molar-refractivity contribution is 7.90. The van der Waals surface area contributed by atoms with Gasteiger partial charge in [-0.25, -0.2) is 13.1 Å². The number of amides is 2. The van der Waals surface area contributed by atoms with Gasteiger partial charge in [0.25, 0.3) is 5.91 Å². The molecule has 2 aromatic carbocycles. The summed E-state index contributed by atoms with van der Waals surface area (Å²) in [5.74, 6) is 0.861. The quantitative estimate of drug-likeness (QED) is 0.391. The second-order valence-electron chi connectivity index (χ2n) is 15.0. The van der Waals surface area contributed by atoms with Gasteiger partial charge in [-0.2, -0.15) is 0 Å². The van der Waals surface area contributed by atoms with E-state index in [1.54, 1.807) is 13.2 Å². The van der Waals surface area contributed by atoms with Crippen LogP contribution in [0.1, 0.15) is 91.1 Å². The molecule has 0 radical (unpaired) electrons. The number of aromatic nitrogens is 1. The number of sulfonamides is 1. The monoisotopic (exact) mass is 672 g/mol. The minimum absolute atomic E-state index is 0.0784. The third-order valence-corrected chi connectivity index (χ3v) is 14.2. The highest BCUT2D eigenvalue weighted by atomic mass is 32.2. The number of piperidine rings is 1. The van der Waals surface area contributed by atoms with Gasteiger partial charge in [-0.15, -0.1) is 0 Å². The van der Waals surface area contributed by atoms with Crippen LogP contribution < -0.4 is 14.8 Å². The Bertz CT molecular complexity index is 1910. The maximum absolute atomic E-state index is 14.7. The second kappa shape index (κ2) is 11.3. The lowest BCUT2D eigenvalue weighted by atomic mass is 9.81. The second-order valence-corrected chi connectivity index (χ2v) is 16.9. The fourth-order valence-corrected chi connectivity index (χ4v) is 11.1. The van der Waals surface area contributed by atoms with Crippen molar-refractivity contribution in [1.82, 2.24) is 19.5 Å². The summed E-state index contributed by atoms with van der Waals surface area (Å²) in [4.78, 5) is 30.5. The van der Waals surface area contributed by atoms with Gasteiger partial charge in [0.1, 0.15) is 5.75 Å². The first-order chi connectivity index (χ1) is 23.3. The molecule has 9 rings (SSSR count). The molecule has 2 amide bonds. The molecule has 11 heteroatoms. The maximum Gasteiger partial charge on any atom is 0.264 e. The fraction of sp³-hybridized carbons (Fsp3) is 0.568. The van der Waals surface area contributed by atoms with Crippen molar-refractivity contribution in [2.24, 2.45) is 5.41 Å². The van der Waals surface area contributed by atoms with Crippen molar-refractivity contribution >= 4 is 32.7 Å². The fourth-order valence-electron chi connectivity index (χ4n) is 9.75. The topological polar surface area (TPSA) is 119 Å². The number of carbonyl (C=O) groups is 2. The third kappa shape index (κ3) is 4.67. The molecule has 1 aromatic heterocycles. The standard InChI is InChI=1S/C37H44N4O6S/c1-46-26-8-10-28-30(17-26)31-18-37(31,36(43)41-24-16-25(41)20-38-19-24)21-40-32-15-23(35(42)39-48(44,45)27-11-13-47-14-12-27)7-9-29(32)33(34(28)40)22-5-3-2-4-6-22/h7-10,15,17,22,24-25,27,31,38H,2-6,11-14,16,18-21H2,1H3,(H,39,42). The first kappa shape index (κ1) is 30.6. The average Bonchev–Trinajstić information content (AvgIpc) is 3.79. The number of benzene rings is 2. The van der Waals surface area contributed by atoms with Crippen LogP contribution in [0.2, 0.25) is 0 Å². The Balaban J connectivity index is 1.19. The summed E-state index contributed by atoms with van der Waals surface area (Å²) >= 11 is 0. The van der Waals surface area contributed by atoms with E-state index in [2.05, 4.69) is 31.6 Å². The number of piperazine rings is 1. The molecule has 0 spiro atoms. The SMILES string of the molecule is COc1ccc2c(c1)C1CC1(C(=O)N1C3CNCC1C3)Cn1c-2c(C2CCCCC2)c2ccc(C(=O)NS(=O)(=O)C3CCOCC3)cc21. The smallest absolute Gasteiger partial charge is 0.264 e. The summed E-state index contributed by atoms with van der Waals surface area (Å²) in [5, 5.41) is 3.91. The number of carbonyl (C=O) groups excluding carboxylic acids is 2. The van der Waals surface area contributed by atoms with Crippen molar-refractivity contribution < 1.29 is 27.5 Å². The number of hydrogen-bond acceptors (Lipinski definition) is 7. The zero-order valence-corrected chi connectivity index (χ0v) is 28.3. The molecule has 48 heavy (non-hydrogen) atoms. The molecule has 3 saturated heterocycles. The van der Waals surface area contributed by atoms with Gasteiger partial charge in [0.2, 0.25) is 15.9 Å². The number of hydrogen-bond donors (Lipinski definition) is 2. The van der Waals surface area contributed by atoms with Crippen molar-refractivity contribution in [3.8, 4) is 17.0 Å². The van der Waals surface area contributed by atoms with Crippen LogP contribution >= 0.6 is 0 Å². The van der Waals surface area contributed by atoms with Gasteiger partial charge in [0, 0.05) is 72.9 Å². The molecule has 2 bridgehead atoms. The first-order valence-corrected chi connectivity index (χ1v) is 19.4. The largest absolute Gasteiger partial charge is 0.497 e. The van der Waals surface area contributed by atoms with Crippen LogP contribution in [0.25, 0.3) is 22.2 Å². The number of nitrogens with zero attached hydrogens (tertiary/aromatic N) is 2. The van der Waals surface area contributed by atoms with E-state index in [9.17, 15) is 18.0 Å². The summed E-state index contributed by atoms with van der Waals surface area (Å²) in [5.41, 5.74) is 5.38. The Morgan fingerprint density at radius 3 is 2.50 bits per heavy atom. The molecule has 2 N–H and O–H groups in total. The third-order valence-electron chi connectivity index (χ3n) is 12.4. The highest BCUT2D eigenvalue weighted by Gasteiger charge is 2.66. The Morgan fingerprint density at radius 1 is 1.00 bits per heavy atom.